The van der Waals surface area contributed by atoms with E-state index in [0.29, 0.717) is 18.4 Å². The lowest BCUT2D eigenvalue weighted by Crippen LogP contribution is -2.48. The van der Waals surface area contributed by atoms with Crippen LogP contribution in [0, 0.1) is 12.3 Å². The summed E-state index contributed by atoms with van der Waals surface area (Å²) in [5, 5.41) is 5.71. The topological polar surface area (TPSA) is 67.4 Å². The maximum Gasteiger partial charge on any atom is 0.319 e. The Labute approximate surface area is 136 Å². The first-order valence-corrected chi connectivity index (χ1v) is 7.79. The number of nitrogens with one attached hydrogen (secondary N) is 2. The number of Topliss-reactive ketones (excluding diaryl/α,β-unsaturated/α-hetero) is 1. The lowest BCUT2D eigenvalue weighted by atomic mass is 9.73. The SMILES string of the molecule is COc1ccc([C@H]2NC(=O)NC3=C2C(=O)CC(C)(C)C3)cc1C. The Kier molecular flexibility index (Phi) is 3.66. The molecule has 0 saturated carbocycles. The van der Waals surface area contributed by atoms with Gasteiger partial charge in [-0.25, -0.2) is 4.79 Å². The van der Waals surface area contributed by atoms with Crippen molar-refractivity contribution >= 4 is 11.8 Å². The van der Waals surface area contributed by atoms with Crippen molar-refractivity contribution in [2.75, 3.05) is 7.11 Å². The number of rotatable bonds is 2. The van der Waals surface area contributed by atoms with Crippen LogP contribution in [0.5, 0.6) is 5.75 Å². The second-order valence-electron chi connectivity index (χ2n) is 7.09. The van der Waals surface area contributed by atoms with Crippen LogP contribution < -0.4 is 15.4 Å². The van der Waals surface area contributed by atoms with Crippen LogP contribution >= 0.6 is 0 Å². The van der Waals surface area contributed by atoms with Gasteiger partial charge >= 0.3 is 6.03 Å². The van der Waals surface area contributed by atoms with E-state index in [9.17, 15) is 9.59 Å². The minimum atomic E-state index is -0.396. The van der Waals surface area contributed by atoms with Gasteiger partial charge in [0.1, 0.15) is 5.75 Å². The lowest BCUT2D eigenvalue weighted by molar-refractivity contribution is -0.118. The van der Waals surface area contributed by atoms with E-state index in [0.717, 1.165) is 22.6 Å². The molecule has 1 aromatic rings. The van der Waals surface area contributed by atoms with Crippen molar-refractivity contribution in [1.29, 1.82) is 0 Å². The number of carbonyl (C=O) groups excluding carboxylic acids is 2. The van der Waals surface area contributed by atoms with Crippen LogP contribution in [0.3, 0.4) is 0 Å². The van der Waals surface area contributed by atoms with E-state index >= 15 is 0 Å². The number of urea groups is 1. The normalized spacial score (nSPS) is 23.0. The van der Waals surface area contributed by atoms with Crippen LogP contribution in [0.2, 0.25) is 0 Å². The maximum absolute atomic E-state index is 12.7. The second kappa shape index (κ2) is 5.41. The van der Waals surface area contributed by atoms with Crippen molar-refractivity contribution in [3.05, 3.63) is 40.6 Å². The predicted molar refractivity (Wildman–Crippen MR) is 87.2 cm³/mol. The molecule has 1 heterocycles. The number of methoxy groups -OCH3 is 1. The highest BCUT2D eigenvalue weighted by Gasteiger charge is 2.40. The fraction of sp³-hybridized carbons (Fsp3) is 0.444. The molecule has 1 atom stereocenters. The molecule has 0 spiro atoms. The molecule has 122 valence electrons. The van der Waals surface area contributed by atoms with Crippen molar-refractivity contribution < 1.29 is 14.3 Å². The summed E-state index contributed by atoms with van der Waals surface area (Å²) in [6.45, 7) is 6.05. The number of amides is 2. The Morgan fingerprint density at radius 3 is 2.61 bits per heavy atom. The summed E-state index contributed by atoms with van der Waals surface area (Å²) in [6, 6.07) is 5.09. The first-order valence-electron chi connectivity index (χ1n) is 7.79. The van der Waals surface area contributed by atoms with E-state index in [4.69, 9.17) is 4.74 Å². The zero-order valence-electron chi connectivity index (χ0n) is 13.9. The van der Waals surface area contributed by atoms with Gasteiger partial charge in [0.15, 0.2) is 5.78 Å². The van der Waals surface area contributed by atoms with Gasteiger partial charge < -0.3 is 15.4 Å². The number of benzene rings is 1. The molecule has 1 aliphatic heterocycles. The largest absolute Gasteiger partial charge is 0.496 e. The Balaban J connectivity index is 2.06. The number of carbonyl (C=O) groups is 2. The van der Waals surface area contributed by atoms with E-state index in [1.165, 1.54) is 0 Å². The fourth-order valence-corrected chi connectivity index (χ4v) is 3.49. The average molecular weight is 314 g/mol. The summed E-state index contributed by atoms with van der Waals surface area (Å²) >= 11 is 0. The van der Waals surface area contributed by atoms with Gasteiger partial charge in [-0.3, -0.25) is 4.79 Å². The van der Waals surface area contributed by atoms with E-state index in [1.807, 2.05) is 25.1 Å². The minimum Gasteiger partial charge on any atom is -0.496 e. The van der Waals surface area contributed by atoms with Crippen LogP contribution in [0.15, 0.2) is 29.5 Å². The number of ether oxygens (including phenoxy) is 1. The highest BCUT2D eigenvalue weighted by molar-refractivity contribution is 6.01. The minimum absolute atomic E-state index is 0.0993. The molecule has 0 unspecified atom stereocenters. The molecule has 1 aromatic carbocycles. The second-order valence-corrected chi connectivity index (χ2v) is 7.09. The Morgan fingerprint density at radius 1 is 1.22 bits per heavy atom. The standard InChI is InChI=1S/C18H22N2O3/c1-10-7-11(5-6-14(10)23-4)16-15-12(19-17(22)20-16)8-18(2,3)9-13(15)21/h5-7,16H,8-9H2,1-4H3,(H2,19,20,22)/t16-/m1/s1. The monoisotopic (exact) mass is 314 g/mol. The molecule has 2 N–H and O–H groups in total. The molecule has 0 aromatic heterocycles. The summed E-state index contributed by atoms with van der Waals surface area (Å²) in [6.07, 6.45) is 1.20. The number of ketones is 1. The number of aryl methyl sites for hydroxylation is 1. The average Bonchev–Trinajstić information content (AvgIpc) is 2.44. The lowest BCUT2D eigenvalue weighted by Gasteiger charge is -2.38. The molecule has 0 bridgehead atoms. The summed E-state index contributed by atoms with van der Waals surface area (Å²) in [5.74, 6) is 0.890. The maximum atomic E-state index is 12.7. The van der Waals surface area contributed by atoms with E-state index < -0.39 is 6.04 Å². The molecule has 2 aliphatic rings. The molecule has 5 heteroatoms. The van der Waals surface area contributed by atoms with Crippen LogP contribution in [-0.2, 0) is 4.79 Å². The van der Waals surface area contributed by atoms with Gasteiger partial charge in [0.05, 0.1) is 13.2 Å². The van der Waals surface area contributed by atoms with Gasteiger partial charge in [0, 0.05) is 17.7 Å². The first kappa shape index (κ1) is 15.6. The zero-order valence-corrected chi connectivity index (χ0v) is 13.9. The van der Waals surface area contributed by atoms with Crippen molar-refractivity contribution in [3.8, 4) is 5.75 Å². The van der Waals surface area contributed by atoms with Gasteiger partial charge in [-0.05, 0) is 42.0 Å². The zero-order chi connectivity index (χ0) is 16.8. The predicted octanol–water partition coefficient (Wildman–Crippen LogP) is 3.00. The molecular weight excluding hydrogens is 292 g/mol. The Bertz CT molecular complexity index is 719. The summed E-state index contributed by atoms with van der Waals surface area (Å²) in [5.41, 5.74) is 3.20. The van der Waals surface area contributed by atoms with Gasteiger partial charge in [0.2, 0.25) is 0 Å². The third-order valence-corrected chi connectivity index (χ3v) is 4.50. The van der Waals surface area contributed by atoms with Crippen LogP contribution in [0.4, 0.5) is 4.79 Å². The smallest absolute Gasteiger partial charge is 0.319 e. The van der Waals surface area contributed by atoms with E-state index in [-0.39, 0.29) is 17.2 Å². The highest BCUT2D eigenvalue weighted by Crippen LogP contribution is 2.41. The summed E-state index contributed by atoms with van der Waals surface area (Å²) < 4.78 is 5.28. The molecule has 23 heavy (non-hydrogen) atoms. The molecule has 1 aliphatic carbocycles. The summed E-state index contributed by atoms with van der Waals surface area (Å²) in [7, 11) is 1.63. The molecular formula is C18H22N2O3. The molecule has 5 nitrogen and oxygen atoms in total. The van der Waals surface area contributed by atoms with E-state index in [1.54, 1.807) is 7.11 Å². The fourth-order valence-electron chi connectivity index (χ4n) is 3.49. The molecule has 0 radical (unpaired) electrons. The van der Waals surface area contributed by atoms with Crippen LogP contribution in [0.25, 0.3) is 0 Å². The number of hydrogen-bond acceptors (Lipinski definition) is 3. The van der Waals surface area contributed by atoms with Crippen molar-refractivity contribution in [2.45, 2.75) is 39.7 Å². The quantitative estimate of drug-likeness (QED) is 0.882. The third-order valence-electron chi connectivity index (χ3n) is 4.50. The van der Waals surface area contributed by atoms with E-state index in [2.05, 4.69) is 24.5 Å². The number of allylic oxidation sites excluding steroid dienone is 1. The molecule has 3 rings (SSSR count). The first-order chi connectivity index (χ1) is 10.8. The van der Waals surface area contributed by atoms with Crippen LogP contribution in [0.1, 0.15) is 43.9 Å². The summed E-state index contributed by atoms with van der Waals surface area (Å²) in [4.78, 5) is 24.7. The van der Waals surface area contributed by atoms with Gasteiger partial charge in [0.25, 0.3) is 0 Å². The molecule has 2 amide bonds. The van der Waals surface area contributed by atoms with Crippen LogP contribution in [-0.4, -0.2) is 18.9 Å². The Morgan fingerprint density at radius 2 is 1.96 bits per heavy atom. The van der Waals surface area contributed by atoms with Gasteiger partial charge in [-0.2, -0.15) is 0 Å². The van der Waals surface area contributed by atoms with Gasteiger partial charge in [-0.1, -0.05) is 19.9 Å². The van der Waals surface area contributed by atoms with Crippen molar-refractivity contribution in [3.63, 3.8) is 0 Å². The Hall–Kier alpha value is -2.30. The highest BCUT2D eigenvalue weighted by atomic mass is 16.5. The van der Waals surface area contributed by atoms with Gasteiger partial charge in [-0.15, -0.1) is 0 Å². The van der Waals surface area contributed by atoms with Crippen molar-refractivity contribution in [2.24, 2.45) is 5.41 Å². The number of hydrogen-bond donors (Lipinski definition) is 2. The molecule has 0 fully saturated rings. The van der Waals surface area contributed by atoms with Crippen molar-refractivity contribution in [1.82, 2.24) is 10.6 Å². The third kappa shape index (κ3) is 2.83. The molecule has 0 saturated heterocycles.